The summed E-state index contributed by atoms with van der Waals surface area (Å²) in [5.41, 5.74) is 1.21. The summed E-state index contributed by atoms with van der Waals surface area (Å²) in [5.74, 6) is 0.331. The third-order valence-electron chi connectivity index (χ3n) is 5.11. The van der Waals surface area contributed by atoms with E-state index in [1.54, 1.807) is 24.3 Å². The van der Waals surface area contributed by atoms with Crippen molar-refractivity contribution in [3.05, 3.63) is 88.5 Å². The highest BCUT2D eigenvalue weighted by molar-refractivity contribution is 7.93. The van der Waals surface area contributed by atoms with Crippen LogP contribution in [0.4, 0.5) is 17.1 Å². The monoisotopic (exact) mass is 470 g/mol. The fourth-order valence-corrected chi connectivity index (χ4v) is 4.68. The molecule has 3 rings (SSSR count). The predicted octanol–water partition coefficient (Wildman–Crippen LogP) is 4.12. The van der Waals surface area contributed by atoms with Gasteiger partial charge >= 0.3 is 0 Å². The maximum Gasteiger partial charge on any atom is 0.270 e. The van der Waals surface area contributed by atoms with Gasteiger partial charge in [-0.2, -0.15) is 0 Å². The molecule has 0 spiro atoms. The Hall–Kier alpha value is -3.63. The summed E-state index contributed by atoms with van der Waals surface area (Å²) in [6, 6.07) is 20.0. The molecule has 3 aromatic rings. The van der Waals surface area contributed by atoms with Crippen LogP contribution < -0.4 is 14.8 Å². The molecule has 174 valence electrons. The van der Waals surface area contributed by atoms with Crippen LogP contribution in [0.3, 0.4) is 0 Å². The molecule has 0 aliphatic heterocycles. The number of nitrogens with zero attached hydrogens (tertiary/aromatic N) is 2. The molecule has 1 atom stereocenters. The quantitative estimate of drug-likeness (QED) is 0.338. The van der Waals surface area contributed by atoms with Gasteiger partial charge in [0.15, 0.2) is 0 Å². The highest BCUT2D eigenvalue weighted by Gasteiger charge is 2.24. The van der Waals surface area contributed by atoms with E-state index in [2.05, 4.69) is 10.0 Å². The third-order valence-corrected chi connectivity index (χ3v) is 6.52. The number of hydrogen-bond donors (Lipinski definition) is 2. The number of anilines is 2. The number of sulfonamides is 1. The molecule has 0 radical (unpaired) electrons. The van der Waals surface area contributed by atoms with Gasteiger partial charge in [0.25, 0.3) is 15.7 Å². The molecule has 0 aliphatic rings. The summed E-state index contributed by atoms with van der Waals surface area (Å²) in [5, 5.41) is 14.5. The van der Waals surface area contributed by atoms with Crippen molar-refractivity contribution in [2.24, 2.45) is 0 Å². The fraction of sp³-hybridized carbons (Fsp3) is 0.217. The van der Waals surface area contributed by atoms with E-state index in [-0.39, 0.29) is 28.0 Å². The molecule has 0 saturated carbocycles. The van der Waals surface area contributed by atoms with Crippen LogP contribution in [0.25, 0.3) is 0 Å². The number of hydrogen-bond acceptors (Lipinski definition) is 7. The molecule has 2 N–H and O–H groups in total. The van der Waals surface area contributed by atoms with E-state index in [9.17, 15) is 18.5 Å². The maximum absolute atomic E-state index is 13.3. The van der Waals surface area contributed by atoms with E-state index >= 15 is 0 Å². The predicted molar refractivity (Wildman–Crippen MR) is 128 cm³/mol. The van der Waals surface area contributed by atoms with Crippen LogP contribution in [-0.2, 0) is 10.0 Å². The van der Waals surface area contributed by atoms with Crippen molar-refractivity contribution in [1.82, 2.24) is 4.90 Å². The van der Waals surface area contributed by atoms with Gasteiger partial charge in [-0.3, -0.25) is 14.8 Å². The third kappa shape index (κ3) is 5.79. The van der Waals surface area contributed by atoms with Crippen molar-refractivity contribution in [2.45, 2.75) is 10.9 Å². The van der Waals surface area contributed by atoms with Crippen molar-refractivity contribution in [3.8, 4) is 5.75 Å². The first-order valence-electron chi connectivity index (χ1n) is 10.1. The molecule has 0 heterocycles. The minimum atomic E-state index is -4.18. The molecule has 1 unspecified atom stereocenters. The van der Waals surface area contributed by atoms with Crippen molar-refractivity contribution >= 4 is 27.1 Å². The normalized spacial score (nSPS) is 12.2. The molecule has 0 saturated heterocycles. The number of nitrogens with one attached hydrogen (secondary N) is 2. The van der Waals surface area contributed by atoms with Gasteiger partial charge in [-0.1, -0.05) is 42.5 Å². The lowest BCUT2D eigenvalue weighted by molar-refractivity contribution is -0.385. The second-order valence-electron chi connectivity index (χ2n) is 7.51. The van der Waals surface area contributed by atoms with Crippen LogP contribution in [0.5, 0.6) is 5.75 Å². The van der Waals surface area contributed by atoms with Gasteiger partial charge < -0.3 is 15.0 Å². The molecule has 3 aromatic carbocycles. The zero-order valence-electron chi connectivity index (χ0n) is 18.6. The van der Waals surface area contributed by atoms with Crippen molar-refractivity contribution in [2.75, 3.05) is 37.8 Å². The van der Waals surface area contributed by atoms with Crippen LogP contribution in [0.1, 0.15) is 11.6 Å². The Morgan fingerprint density at radius 3 is 2.30 bits per heavy atom. The standard InChI is InChI=1S/C23H26N4O5S/c1-26(2)21(17-9-5-4-6-10-17)16-24-20-14-13-18(27(28)29)15-23(20)33(30,31)25-19-11-7-8-12-22(19)32-3/h4-15,21,24-25H,16H2,1-3H3. The first-order chi connectivity index (χ1) is 15.7. The van der Waals surface area contributed by atoms with Gasteiger partial charge in [0.05, 0.1) is 29.4 Å². The second-order valence-corrected chi connectivity index (χ2v) is 9.17. The number of benzene rings is 3. The zero-order chi connectivity index (χ0) is 24.0. The molecular weight excluding hydrogens is 444 g/mol. The average molecular weight is 471 g/mol. The summed E-state index contributed by atoms with van der Waals surface area (Å²) in [4.78, 5) is 12.5. The SMILES string of the molecule is COc1ccccc1NS(=O)(=O)c1cc([N+](=O)[O-])ccc1NCC(c1ccccc1)N(C)C. The summed E-state index contributed by atoms with van der Waals surface area (Å²) in [7, 11) is 1.11. The Morgan fingerprint density at radius 2 is 1.67 bits per heavy atom. The fourth-order valence-electron chi connectivity index (χ4n) is 3.40. The molecule has 9 nitrogen and oxygen atoms in total. The number of nitro groups is 1. The summed E-state index contributed by atoms with van der Waals surface area (Å²) < 4.78 is 34.2. The van der Waals surface area contributed by atoms with Crippen LogP contribution in [0.15, 0.2) is 77.7 Å². The van der Waals surface area contributed by atoms with Crippen molar-refractivity contribution in [1.29, 1.82) is 0 Å². The number of ether oxygens (including phenoxy) is 1. The molecule has 0 aliphatic carbocycles. The van der Waals surface area contributed by atoms with E-state index in [1.807, 2.05) is 49.3 Å². The van der Waals surface area contributed by atoms with E-state index in [0.29, 0.717) is 12.3 Å². The Labute approximate surface area is 193 Å². The van der Waals surface area contributed by atoms with Gasteiger partial charge in [0.2, 0.25) is 0 Å². The molecular formula is C23H26N4O5S. The van der Waals surface area contributed by atoms with E-state index < -0.39 is 14.9 Å². The van der Waals surface area contributed by atoms with E-state index in [0.717, 1.165) is 11.6 Å². The lowest BCUT2D eigenvalue weighted by Crippen LogP contribution is -2.27. The molecule has 33 heavy (non-hydrogen) atoms. The van der Waals surface area contributed by atoms with Gasteiger partial charge in [-0.05, 0) is 37.9 Å². The number of likely N-dealkylation sites (N-methyl/N-ethyl adjacent to an activating group) is 1. The molecule has 0 amide bonds. The maximum atomic E-state index is 13.3. The Bertz CT molecular complexity index is 1220. The topological polar surface area (TPSA) is 114 Å². The van der Waals surface area contributed by atoms with Gasteiger partial charge in [-0.15, -0.1) is 0 Å². The average Bonchev–Trinajstić information content (AvgIpc) is 2.79. The lowest BCUT2D eigenvalue weighted by atomic mass is 10.1. The van der Waals surface area contributed by atoms with Crippen LogP contribution in [0, 0.1) is 10.1 Å². The van der Waals surface area contributed by atoms with Gasteiger partial charge in [0, 0.05) is 18.7 Å². The van der Waals surface area contributed by atoms with E-state index in [4.69, 9.17) is 4.74 Å². The highest BCUT2D eigenvalue weighted by Crippen LogP contribution is 2.32. The minimum absolute atomic E-state index is 0.0564. The number of nitro benzene ring substituents is 1. The van der Waals surface area contributed by atoms with Gasteiger partial charge in [-0.25, -0.2) is 8.42 Å². The van der Waals surface area contributed by atoms with E-state index in [1.165, 1.54) is 19.2 Å². The number of rotatable bonds is 10. The number of methoxy groups -OCH3 is 1. The molecule has 0 fully saturated rings. The summed E-state index contributed by atoms with van der Waals surface area (Å²) >= 11 is 0. The van der Waals surface area contributed by atoms with Crippen LogP contribution in [-0.4, -0.2) is 46.0 Å². The van der Waals surface area contributed by atoms with Gasteiger partial charge in [0.1, 0.15) is 10.6 Å². The van der Waals surface area contributed by atoms with Crippen LogP contribution in [0.2, 0.25) is 0 Å². The Kier molecular flexibility index (Phi) is 7.52. The lowest BCUT2D eigenvalue weighted by Gasteiger charge is -2.26. The molecule has 0 aromatic heterocycles. The molecule has 0 bridgehead atoms. The Balaban J connectivity index is 1.96. The highest BCUT2D eigenvalue weighted by atomic mass is 32.2. The first kappa shape index (κ1) is 24.0. The van der Waals surface area contributed by atoms with Crippen molar-refractivity contribution < 1.29 is 18.1 Å². The molecule has 10 heteroatoms. The Morgan fingerprint density at radius 1 is 1.00 bits per heavy atom. The summed E-state index contributed by atoms with van der Waals surface area (Å²) in [6.07, 6.45) is 0. The minimum Gasteiger partial charge on any atom is -0.495 e. The number of para-hydroxylation sites is 2. The number of non-ortho nitro benzene ring substituents is 1. The first-order valence-corrected chi connectivity index (χ1v) is 11.6. The van der Waals surface area contributed by atoms with Crippen LogP contribution >= 0.6 is 0 Å². The largest absolute Gasteiger partial charge is 0.495 e. The zero-order valence-corrected chi connectivity index (χ0v) is 19.4. The smallest absolute Gasteiger partial charge is 0.270 e. The second kappa shape index (κ2) is 10.3. The summed E-state index contributed by atoms with van der Waals surface area (Å²) in [6.45, 7) is 0.381. The van der Waals surface area contributed by atoms with Crippen molar-refractivity contribution in [3.63, 3.8) is 0 Å².